The first-order chi connectivity index (χ1) is 5.92. The summed E-state index contributed by atoms with van der Waals surface area (Å²) >= 11 is 0. The minimum atomic E-state index is -2.55. The van der Waals surface area contributed by atoms with E-state index in [1.807, 2.05) is 0 Å². The van der Waals surface area contributed by atoms with Crippen molar-refractivity contribution in [1.82, 2.24) is 0 Å². The fraction of sp³-hybridized carbons (Fsp3) is 0.833. The second-order valence-electron chi connectivity index (χ2n) is 2.80. The van der Waals surface area contributed by atoms with E-state index in [0.29, 0.717) is 0 Å². The normalized spacial score (nSPS) is 45.9. The molecule has 76 valence electrons. The molecule has 1 fully saturated rings. The zero-order valence-corrected chi connectivity index (χ0v) is 6.49. The molecule has 0 bridgehead atoms. The summed E-state index contributed by atoms with van der Waals surface area (Å²) in [5.41, 5.74) is 0. The Morgan fingerprint density at radius 3 is 2.38 bits per heavy atom. The van der Waals surface area contributed by atoms with Crippen LogP contribution in [0.1, 0.15) is 0 Å². The van der Waals surface area contributed by atoms with E-state index in [9.17, 15) is 9.90 Å². The number of rotatable bonds is 1. The number of esters is 1. The highest BCUT2D eigenvalue weighted by Gasteiger charge is 2.53. The molecule has 0 radical (unpaired) electrons. The molecule has 0 aliphatic carbocycles. The van der Waals surface area contributed by atoms with E-state index in [2.05, 4.69) is 4.74 Å². The highest BCUT2D eigenvalue weighted by atomic mass is 16.7. The molecule has 0 aromatic carbocycles. The van der Waals surface area contributed by atoms with Crippen molar-refractivity contribution in [2.75, 3.05) is 6.61 Å². The highest BCUT2D eigenvalue weighted by Crippen LogP contribution is 2.23. The summed E-state index contributed by atoms with van der Waals surface area (Å²) < 4.78 is 4.12. The van der Waals surface area contributed by atoms with Crippen molar-refractivity contribution in [2.45, 2.75) is 24.1 Å². The highest BCUT2D eigenvalue weighted by molar-refractivity contribution is 5.76. The first-order valence-corrected chi connectivity index (χ1v) is 3.52. The lowest BCUT2D eigenvalue weighted by molar-refractivity contribution is -0.307. The van der Waals surface area contributed by atoms with E-state index in [1.165, 1.54) is 0 Å². The van der Waals surface area contributed by atoms with Gasteiger partial charge in [0.1, 0.15) is 12.7 Å². The molecule has 0 unspecified atom stereocenters. The molecule has 1 aliphatic rings. The van der Waals surface area contributed by atoms with Gasteiger partial charge in [0.15, 0.2) is 12.2 Å². The third-order valence-corrected chi connectivity index (χ3v) is 1.85. The number of carbonyl (C=O) groups excluding carboxylic acids is 1. The molecule has 5 N–H and O–H groups in total. The van der Waals surface area contributed by atoms with E-state index in [4.69, 9.17) is 20.4 Å². The maximum Gasteiger partial charge on any atom is 0.340 e. The largest absolute Gasteiger partial charge is 0.426 e. The zero-order chi connectivity index (χ0) is 10.2. The molecule has 13 heavy (non-hydrogen) atoms. The van der Waals surface area contributed by atoms with E-state index in [1.54, 1.807) is 0 Å². The molecule has 0 aromatic heterocycles. The number of hydrogen-bond donors (Lipinski definition) is 5. The number of aliphatic hydroxyl groups excluding tert-OH is 4. The Bertz CT molecular complexity index is 217. The molecule has 0 aromatic rings. The van der Waals surface area contributed by atoms with E-state index >= 15 is 0 Å². The first kappa shape index (κ1) is 10.4. The van der Waals surface area contributed by atoms with Crippen LogP contribution in [0, 0.1) is 0 Å². The molecule has 7 heteroatoms. The fourth-order valence-corrected chi connectivity index (χ4v) is 1.000. The minimum absolute atomic E-state index is 1.07. The standard InChI is InChI=1S/C6H10O7/c7-1-6(12)4(10)2(8)3(9)5(11)13-6/h2-4,7-10,12H,1H2/t2-,3-,4-,6+/m0/s1. The maximum atomic E-state index is 10.7. The van der Waals surface area contributed by atoms with Crippen LogP contribution in [-0.4, -0.2) is 62.2 Å². The molecule has 1 aliphatic heterocycles. The number of ether oxygens (including phenoxy) is 1. The van der Waals surface area contributed by atoms with Crippen LogP contribution in [0.4, 0.5) is 0 Å². The van der Waals surface area contributed by atoms with Crippen molar-refractivity contribution in [3.05, 3.63) is 0 Å². The Labute approximate surface area is 72.8 Å². The third-order valence-electron chi connectivity index (χ3n) is 1.85. The summed E-state index contributed by atoms with van der Waals surface area (Å²) in [7, 11) is 0. The zero-order valence-electron chi connectivity index (χ0n) is 6.49. The molecule has 7 nitrogen and oxygen atoms in total. The van der Waals surface area contributed by atoms with Gasteiger partial charge in [-0.3, -0.25) is 0 Å². The maximum absolute atomic E-state index is 10.7. The lowest BCUT2D eigenvalue weighted by Gasteiger charge is -2.39. The van der Waals surface area contributed by atoms with Crippen molar-refractivity contribution in [1.29, 1.82) is 0 Å². The van der Waals surface area contributed by atoms with Gasteiger partial charge < -0.3 is 30.3 Å². The molecule has 0 saturated carbocycles. The van der Waals surface area contributed by atoms with Crippen LogP contribution < -0.4 is 0 Å². The third kappa shape index (κ3) is 1.52. The molecular weight excluding hydrogens is 184 g/mol. The summed E-state index contributed by atoms with van der Waals surface area (Å²) in [6.45, 7) is -1.07. The molecule has 0 spiro atoms. The van der Waals surface area contributed by atoms with Crippen molar-refractivity contribution >= 4 is 5.97 Å². The van der Waals surface area contributed by atoms with Crippen molar-refractivity contribution < 1.29 is 35.1 Å². The van der Waals surface area contributed by atoms with E-state index in [0.717, 1.165) is 0 Å². The molecule has 0 amide bonds. The Hall–Kier alpha value is -0.730. The SMILES string of the molecule is O=C1O[C@](O)(CO)[C@@H](O)[C@@H](O)[C@@H]1O. The van der Waals surface area contributed by atoms with Gasteiger partial charge in [0.25, 0.3) is 5.79 Å². The van der Waals surface area contributed by atoms with Crippen molar-refractivity contribution in [2.24, 2.45) is 0 Å². The molecular formula is C6H10O7. The Morgan fingerprint density at radius 1 is 1.38 bits per heavy atom. The smallest absolute Gasteiger partial charge is 0.340 e. The number of carbonyl (C=O) groups is 1. The van der Waals surface area contributed by atoms with E-state index in [-0.39, 0.29) is 0 Å². The van der Waals surface area contributed by atoms with Crippen LogP contribution in [0.2, 0.25) is 0 Å². The summed E-state index contributed by atoms with van der Waals surface area (Å²) in [6.07, 6.45) is -5.73. The predicted molar refractivity (Wildman–Crippen MR) is 36.1 cm³/mol. The average Bonchev–Trinajstić information content (AvgIpc) is 2.12. The quantitative estimate of drug-likeness (QED) is 0.272. The van der Waals surface area contributed by atoms with Gasteiger partial charge in [0, 0.05) is 0 Å². The number of aliphatic hydroxyl groups is 5. The van der Waals surface area contributed by atoms with Gasteiger partial charge in [-0.2, -0.15) is 0 Å². The summed E-state index contributed by atoms with van der Waals surface area (Å²) in [4.78, 5) is 10.7. The molecule has 4 atom stereocenters. The summed E-state index contributed by atoms with van der Waals surface area (Å²) in [5.74, 6) is -3.84. The number of cyclic esters (lactones) is 1. The summed E-state index contributed by atoms with van der Waals surface area (Å²) in [6, 6.07) is 0. The molecule has 1 rings (SSSR count). The van der Waals surface area contributed by atoms with Crippen LogP contribution in [0.15, 0.2) is 0 Å². The van der Waals surface area contributed by atoms with Gasteiger partial charge in [-0.05, 0) is 0 Å². The lowest BCUT2D eigenvalue weighted by atomic mass is 9.97. The van der Waals surface area contributed by atoms with Gasteiger partial charge in [0.05, 0.1) is 0 Å². The first-order valence-electron chi connectivity index (χ1n) is 3.52. The number of hydrogen-bond acceptors (Lipinski definition) is 7. The van der Waals surface area contributed by atoms with Gasteiger partial charge >= 0.3 is 5.97 Å². The van der Waals surface area contributed by atoms with Crippen LogP contribution >= 0.6 is 0 Å². The van der Waals surface area contributed by atoms with Crippen LogP contribution in [0.3, 0.4) is 0 Å². The van der Waals surface area contributed by atoms with Gasteiger partial charge in [-0.25, -0.2) is 4.79 Å². The van der Waals surface area contributed by atoms with Crippen LogP contribution in [0.5, 0.6) is 0 Å². The van der Waals surface area contributed by atoms with Crippen LogP contribution in [-0.2, 0) is 9.53 Å². The molecule has 1 saturated heterocycles. The average molecular weight is 194 g/mol. The monoisotopic (exact) mass is 194 g/mol. The second-order valence-corrected chi connectivity index (χ2v) is 2.80. The Kier molecular flexibility index (Phi) is 2.55. The second kappa shape index (κ2) is 3.20. The topological polar surface area (TPSA) is 127 Å². The van der Waals surface area contributed by atoms with Crippen LogP contribution in [0.25, 0.3) is 0 Å². The van der Waals surface area contributed by atoms with E-state index < -0.39 is 36.7 Å². The lowest BCUT2D eigenvalue weighted by Crippen LogP contribution is -2.64. The summed E-state index contributed by atoms with van der Waals surface area (Å²) in [5, 5.41) is 44.7. The van der Waals surface area contributed by atoms with Gasteiger partial charge in [-0.1, -0.05) is 0 Å². The predicted octanol–water partition coefficient (Wildman–Crippen LogP) is -3.69. The minimum Gasteiger partial charge on any atom is -0.426 e. The van der Waals surface area contributed by atoms with Crippen molar-refractivity contribution in [3.8, 4) is 0 Å². The molecule has 1 heterocycles. The van der Waals surface area contributed by atoms with Crippen molar-refractivity contribution in [3.63, 3.8) is 0 Å². The van der Waals surface area contributed by atoms with Gasteiger partial charge in [-0.15, -0.1) is 0 Å². The Balaban J connectivity index is 2.88. The van der Waals surface area contributed by atoms with Gasteiger partial charge in [0.2, 0.25) is 0 Å². The Morgan fingerprint density at radius 2 is 1.92 bits per heavy atom. The fourth-order valence-electron chi connectivity index (χ4n) is 1.000.